The molecule has 1 atom stereocenters. The topological polar surface area (TPSA) is 18.5 Å². The van der Waals surface area contributed by atoms with E-state index in [4.69, 9.17) is 9.16 Å². The van der Waals surface area contributed by atoms with Crippen molar-refractivity contribution in [2.45, 2.75) is 51.9 Å². The van der Waals surface area contributed by atoms with Crippen molar-refractivity contribution in [2.75, 3.05) is 6.61 Å². The predicted octanol–water partition coefficient (Wildman–Crippen LogP) is 4.16. The zero-order chi connectivity index (χ0) is 15.6. The molecule has 0 bridgehead atoms. The van der Waals surface area contributed by atoms with E-state index < -0.39 is 9.76 Å². The Morgan fingerprint density at radius 1 is 1.19 bits per heavy atom. The number of ether oxygens (including phenoxy) is 1. The van der Waals surface area contributed by atoms with Gasteiger partial charge in [-0.1, -0.05) is 77.1 Å². The molecule has 0 N–H and O–H groups in total. The first-order chi connectivity index (χ1) is 9.74. The van der Waals surface area contributed by atoms with Crippen LogP contribution in [0.15, 0.2) is 36.4 Å². The molecule has 1 aromatic carbocycles. The summed E-state index contributed by atoms with van der Waals surface area (Å²) in [6.07, 6.45) is 5.18. The van der Waals surface area contributed by atoms with Crippen LogP contribution in [0.1, 0.15) is 46.6 Å². The van der Waals surface area contributed by atoms with E-state index in [-0.39, 0.29) is 11.2 Å². The monoisotopic (exact) mass is 304 g/mol. The highest BCUT2D eigenvalue weighted by molar-refractivity contribution is 6.31. The molecule has 1 aliphatic rings. The van der Waals surface area contributed by atoms with Gasteiger partial charge < -0.3 is 9.16 Å². The first kappa shape index (κ1) is 16.5. The van der Waals surface area contributed by atoms with Crippen LogP contribution < -0.4 is 0 Å². The minimum Gasteiger partial charge on any atom is -0.396 e. The summed E-state index contributed by atoms with van der Waals surface area (Å²) in [5.74, 6) is -0.340. The molecule has 3 heteroatoms. The van der Waals surface area contributed by atoms with E-state index in [2.05, 4.69) is 58.9 Å². The Morgan fingerprint density at radius 3 is 2.33 bits per heavy atom. The molecule has 2 rings (SSSR count). The lowest BCUT2D eigenvalue weighted by molar-refractivity contribution is -0.121. The molecule has 2 nitrogen and oxygen atoms in total. The normalized spacial score (nSPS) is 25.0. The molecule has 0 spiro atoms. The summed E-state index contributed by atoms with van der Waals surface area (Å²) in [7, 11) is -0.595. The number of hydrogen-bond donors (Lipinski definition) is 0. The van der Waals surface area contributed by atoms with Crippen molar-refractivity contribution < 1.29 is 9.16 Å². The fourth-order valence-corrected chi connectivity index (χ4v) is 3.58. The molecule has 0 aliphatic heterocycles. The van der Waals surface area contributed by atoms with Gasteiger partial charge in [0.05, 0.1) is 6.61 Å². The highest BCUT2D eigenvalue weighted by Gasteiger charge is 2.64. The third-order valence-corrected chi connectivity index (χ3v) is 5.32. The minimum atomic E-state index is -0.595. The molecule has 21 heavy (non-hydrogen) atoms. The predicted molar refractivity (Wildman–Crippen MR) is 91.9 cm³/mol. The number of hydrogen-bond acceptors (Lipinski definition) is 2. The second-order valence-corrected chi connectivity index (χ2v) is 10.5. The lowest BCUT2D eigenvalue weighted by atomic mass is 10.2. The van der Waals surface area contributed by atoms with Crippen LogP contribution in [0.2, 0.25) is 5.04 Å². The fraction of sp³-hybridized carbons (Fsp3) is 0.556. The van der Waals surface area contributed by atoms with Crippen LogP contribution in [0, 0.1) is 5.41 Å². The summed E-state index contributed by atoms with van der Waals surface area (Å²) < 4.78 is 12.4. The molecule has 1 saturated carbocycles. The maximum absolute atomic E-state index is 6.26. The van der Waals surface area contributed by atoms with Crippen molar-refractivity contribution >= 4 is 15.8 Å². The molecule has 0 aromatic heterocycles. The first-order valence-electron chi connectivity index (χ1n) is 7.74. The van der Waals surface area contributed by atoms with Crippen molar-refractivity contribution in [1.82, 2.24) is 0 Å². The van der Waals surface area contributed by atoms with Crippen LogP contribution in [-0.4, -0.2) is 22.2 Å². The van der Waals surface area contributed by atoms with Crippen molar-refractivity contribution in [3.05, 3.63) is 42.0 Å². The van der Waals surface area contributed by atoms with E-state index in [0.29, 0.717) is 11.6 Å². The highest BCUT2D eigenvalue weighted by Crippen LogP contribution is 2.59. The maximum atomic E-state index is 6.26. The molecule has 1 aliphatic carbocycles. The quantitative estimate of drug-likeness (QED) is 0.580. The molecule has 0 radical (unpaired) electrons. The zero-order valence-corrected chi connectivity index (χ0v) is 15.4. The van der Waals surface area contributed by atoms with Crippen molar-refractivity contribution in [3.8, 4) is 0 Å². The van der Waals surface area contributed by atoms with Gasteiger partial charge in [-0.2, -0.15) is 0 Å². The molecule has 0 saturated heterocycles. The molecule has 0 heterocycles. The third kappa shape index (κ3) is 4.53. The SMILES string of the molecule is CC(C)(C)[SiH2]OC1(OCC=Cc2ccccc2)CC1(C)C. The Hall–Kier alpha value is -0.903. The van der Waals surface area contributed by atoms with Gasteiger partial charge in [-0.05, 0) is 10.6 Å². The molecule has 1 aromatic rings. The summed E-state index contributed by atoms with van der Waals surface area (Å²) in [5, 5.41) is 0.301. The van der Waals surface area contributed by atoms with Gasteiger partial charge in [-0.25, -0.2) is 0 Å². The van der Waals surface area contributed by atoms with Crippen LogP contribution >= 0.6 is 0 Å². The van der Waals surface area contributed by atoms with Crippen molar-refractivity contribution in [1.29, 1.82) is 0 Å². The third-order valence-electron chi connectivity index (χ3n) is 3.84. The Morgan fingerprint density at radius 2 is 1.81 bits per heavy atom. The van der Waals surface area contributed by atoms with E-state index in [0.717, 1.165) is 6.42 Å². The lowest BCUT2D eigenvalue weighted by Gasteiger charge is -2.26. The van der Waals surface area contributed by atoms with E-state index in [1.165, 1.54) is 5.56 Å². The molecule has 1 fully saturated rings. The van der Waals surface area contributed by atoms with Gasteiger partial charge >= 0.3 is 0 Å². The summed E-state index contributed by atoms with van der Waals surface area (Å²) in [6.45, 7) is 11.8. The first-order valence-corrected chi connectivity index (χ1v) is 9.02. The van der Waals surface area contributed by atoms with Gasteiger partial charge in [-0.3, -0.25) is 0 Å². The van der Waals surface area contributed by atoms with E-state index in [1.807, 2.05) is 18.2 Å². The largest absolute Gasteiger partial charge is 0.396 e. The average Bonchev–Trinajstić information content (AvgIpc) is 2.95. The second kappa shape index (κ2) is 6.07. The maximum Gasteiger partial charge on any atom is 0.170 e. The van der Waals surface area contributed by atoms with Gasteiger partial charge in [0, 0.05) is 11.8 Å². The Bertz CT molecular complexity index is 488. The fourth-order valence-electron chi connectivity index (χ4n) is 2.34. The zero-order valence-electron chi connectivity index (χ0n) is 14.0. The minimum absolute atomic E-state index is 0.145. The molecular weight excluding hydrogens is 276 g/mol. The Kier molecular flexibility index (Phi) is 4.76. The van der Waals surface area contributed by atoms with E-state index in [9.17, 15) is 0 Å². The van der Waals surface area contributed by atoms with Crippen LogP contribution in [0.4, 0.5) is 0 Å². The van der Waals surface area contributed by atoms with Gasteiger partial charge in [0.1, 0.15) is 0 Å². The Labute approximate surface area is 131 Å². The summed E-state index contributed by atoms with van der Waals surface area (Å²) in [5.41, 5.74) is 1.35. The van der Waals surface area contributed by atoms with Crippen LogP contribution in [0.25, 0.3) is 6.08 Å². The van der Waals surface area contributed by atoms with Crippen LogP contribution in [-0.2, 0) is 9.16 Å². The molecule has 1 unspecified atom stereocenters. The average molecular weight is 305 g/mol. The Balaban J connectivity index is 1.86. The van der Waals surface area contributed by atoms with E-state index in [1.54, 1.807) is 0 Å². The van der Waals surface area contributed by atoms with Gasteiger partial charge in [0.15, 0.2) is 15.6 Å². The lowest BCUT2D eigenvalue weighted by Crippen LogP contribution is -2.30. The molecule has 0 amide bonds. The summed E-state index contributed by atoms with van der Waals surface area (Å²) in [6, 6.07) is 10.3. The van der Waals surface area contributed by atoms with Crippen molar-refractivity contribution in [2.24, 2.45) is 5.41 Å². The standard InChI is InChI=1S/C18H28O2Si/c1-16(2,3)21-20-18(14-17(18,4)5)19-13-9-12-15-10-7-6-8-11-15/h6-12H,13-14,21H2,1-5H3. The number of benzene rings is 1. The molecule has 116 valence electrons. The smallest absolute Gasteiger partial charge is 0.170 e. The molecular formula is C18H28O2Si. The summed E-state index contributed by atoms with van der Waals surface area (Å²) in [4.78, 5) is 0. The summed E-state index contributed by atoms with van der Waals surface area (Å²) >= 11 is 0. The van der Waals surface area contributed by atoms with Crippen LogP contribution in [0.3, 0.4) is 0 Å². The highest BCUT2D eigenvalue weighted by atomic mass is 28.2. The number of rotatable bonds is 6. The van der Waals surface area contributed by atoms with Gasteiger partial charge in [0.2, 0.25) is 0 Å². The van der Waals surface area contributed by atoms with Crippen molar-refractivity contribution in [3.63, 3.8) is 0 Å². The van der Waals surface area contributed by atoms with Crippen LogP contribution in [0.5, 0.6) is 0 Å². The van der Waals surface area contributed by atoms with E-state index >= 15 is 0 Å². The van der Waals surface area contributed by atoms with Gasteiger partial charge in [-0.15, -0.1) is 0 Å². The second-order valence-electron chi connectivity index (χ2n) is 7.79. The van der Waals surface area contributed by atoms with Gasteiger partial charge in [0.25, 0.3) is 0 Å².